The molecule has 1 heterocycles. The van der Waals surface area contributed by atoms with Crippen LogP contribution in [-0.4, -0.2) is 6.21 Å². The van der Waals surface area contributed by atoms with Crippen molar-refractivity contribution < 1.29 is 9.25 Å². The van der Waals surface area contributed by atoms with Crippen LogP contribution in [-0.2, 0) is 11.4 Å². The predicted octanol–water partition coefficient (Wildman–Crippen LogP) is 4.24. The van der Waals surface area contributed by atoms with Crippen molar-refractivity contribution in [2.75, 3.05) is 0 Å². The van der Waals surface area contributed by atoms with Crippen LogP contribution in [0.2, 0.25) is 0 Å². The van der Waals surface area contributed by atoms with E-state index in [1.54, 1.807) is 30.3 Å². The number of oxime groups is 1. The molecule has 3 aromatic rings. The van der Waals surface area contributed by atoms with Crippen molar-refractivity contribution in [3.8, 4) is 23.5 Å². The zero-order valence-electron chi connectivity index (χ0n) is 13.2. The third-order valence-corrected chi connectivity index (χ3v) is 3.54. The number of nitrogens with zero attached hydrogens (tertiary/aromatic N) is 3. The van der Waals surface area contributed by atoms with Gasteiger partial charge in [-0.1, -0.05) is 23.4 Å². The second-order valence-corrected chi connectivity index (χ2v) is 5.17. The summed E-state index contributed by atoms with van der Waals surface area (Å²) in [5.74, 6) is 1.23. The molecular weight excluding hydrogens is 314 g/mol. The average molecular weight is 327 g/mol. The van der Waals surface area contributed by atoms with Gasteiger partial charge >= 0.3 is 0 Å². The van der Waals surface area contributed by atoms with Crippen LogP contribution in [0.25, 0.3) is 11.3 Å². The fourth-order valence-corrected chi connectivity index (χ4v) is 2.24. The lowest BCUT2D eigenvalue weighted by Crippen LogP contribution is -1.91. The van der Waals surface area contributed by atoms with Gasteiger partial charge in [0.2, 0.25) is 0 Å². The molecule has 0 aliphatic heterocycles. The average Bonchev–Trinajstić information content (AvgIpc) is 3.14. The van der Waals surface area contributed by atoms with Gasteiger partial charge in [0, 0.05) is 11.1 Å². The quantitative estimate of drug-likeness (QED) is 0.518. The van der Waals surface area contributed by atoms with Crippen LogP contribution in [0.4, 0.5) is 0 Å². The van der Waals surface area contributed by atoms with Crippen molar-refractivity contribution in [1.29, 1.82) is 10.5 Å². The second kappa shape index (κ2) is 7.63. The molecule has 5 heteroatoms. The Bertz CT molecular complexity index is 973. The number of hydrogen-bond donors (Lipinski definition) is 0. The van der Waals surface area contributed by atoms with Gasteiger partial charge in [0.25, 0.3) is 0 Å². The standard InChI is InChI=1S/C20H13N3O2/c21-11-15-5-7-16(8-6-15)20-10-9-19(25-20)13-23-24-14-18-4-2-1-3-17(18)12-22/h1-10,13H,14H2/b23-13-. The summed E-state index contributed by atoms with van der Waals surface area (Å²) in [6.45, 7) is 0.212. The van der Waals surface area contributed by atoms with Gasteiger partial charge in [0.05, 0.1) is 23.3 Å². The summed E-state index contributed by atoms with van der Waals surface area (Å²) in [5.41, 5.74) is 2.82. The highest BCUT2D eigenvalue weighted by atomic mass is 16.6. The molecule has 0 unspecified atom stereocenters. The van der Waals surface area contributed by atoms with Crippen molar-refractivity contribution in [3.63, 3.8) is 0 Å². The molecule has 0 radical (unpaired) electrons. The molecule has 0 amide bonds. The highest BCUT2D eigenvalue weighted by Gasteiger charge is 2.04. The van der Waals surface area contributed by atoms with Crippen molar-refractivity contribution in [1.82, 2.24) is 0 Å². The highest BCUT2D eigenvalue weighted by Crippen LogP contribution is 2.22. The van der Waals surface area contributed by atoms with Gasteiger partial charge < -0.3 is 9.25 Å². The van der Waals surface area contributed by atoms with E-state index in [0.29, 0.717) is 22.6 Å². The molecule has 1 aromatic heterocycles. The first-order valence-corrected chi connectivity index (χ1v) is 7.54. The lowest BCUT2D eigenvalue weighted by Gasteiger charge is -2.01. The van der Waals surface area contributed by atoms with Gasteiger partial charge in [0.15, 0.2) is 0 Å². The molecule has 0 aliphatic carbocycles. The van der Waals surface area contributed by atoms with E-state index >= 15 is 0 Å². The summed E-state index contributed by atoms with van der Waals surface area (Å²) in [6, 6.07) is 22.1. The Balaban J connectivity index is 1.62. The first-order valence-electron chi connectivity index (χ1n) is 7.54. The second-order valence-electron chi connectivity index (χ2n) is 5.17. The summed E-state index contributed by atoms with van der Waals surface area (Å²) in [6.07, 6.45) is 1.47. The van der Waals surface area contributed by atoms with E-state index in [2.05, 4.69) is 17.3 Å². The van der Waals surface area contributed by atoms with Crippen LogP contribution in [0.1, 0.15) is 22.5 Å². The fraction of sp³-hybridized carbons (Fsp3) is 0.0500. The number of nitriles is 2. The van der Waals surface area contributed by atoms with Gasteiger partial charge in [0.1, 0.15) is 24.3 Å². The molecular formula is C20H13N3O2. The number of hydrogen-bond acceptors (Lipinski definition) is 5. The Hall–Kier alpha value is -3.83. The Labute approximate surface area is 145 Å². The van der Waals surface area contributed by atoms with Crippen molar-refractivity contribution in [2.24, 2.45) is 5.16 Å². The van der Waals surface area contributed by atoms with Crippen LogP contribution >= 0.6 is 0 Å². The minimum absolute atomic E-state index is 0.212. The van der Waals surface area contributed by atoms with Gasteiger partial charge in [-0.05, 0) is 42.5 Å². The number of rotatable bonds is 5. The summed E-state index contributed by atoms with van der Waals surface area (Å²) in [7, 11) is 0. The Kier molecular flexibility index (Phi) is 4.90. The molecule has 0 saturated carbocycles. The third kappa shape index (κ3) is 3.93. The summed E-state index contributed by atoms with van der Waals surface area (Å²) >= 11 is 0. The molecule has 0 atom stereocenters. The summed E-state index contributed by atoms with van der Waals surface area (Å²) in [4.78, 5) is 5.23. The molecule has 0 fully saturated rings. The SMILES string of the molecule is N#Cc1ccc(-c2ccc(/C=N\OCc3ccccc3C#N)o2)cc1. The maximum atomic E-state index is 9.02. The fourth-order valence-electron chi connectivity index (χ4n) is 2.24. The monoisotopic (exact) mass is 327 g/mol. The van der Waals surface area contributed by atoms with E-state index in [1.165, 1.54) is 6.21 Å². The van der Waals surface area contributed by atoms with Crippen LogP contribution in [0.15, 0.2) is 70.2 Å². The Morgan fingerprint density at radius 2 is 1.76 bits per heavy atom. The Morgan fingerprint density at radius 1 is 0.960 bits per heavy atom. The zero-order chi connectivity index (χ0) is 17.5. The molecule has 0 N–H and O–H groups in total. The molecule has 25 heavy (non-hydrogen) atoms. The maximum Gasteiger partial charge on any atom is 0.149 e. The molecule has 2 aromatic carbocycles. The van der Waals surface area contributed by atoms with Crippen LogP contribution in [0.3, 0.4) is 0 Å². The first kappa shape index (κ1) is 16.0. The van der Waals surface area contributed by atoms with E-state index in [9.17, 15) is 0 Å². The van der Waals surface area contributed by atoms with E-state index in [-0.39, 0.29) is 6.61 Å². The largest absolute Gasteiger partial charge is 0.455 e. The predicted molar refractivity (Wildman–Crippen MR) is 92.4 cm³/mol. The molecule has 0 aliphatic rings. The van der Waals surface area contributed by atoms with E-state index in [0.717, 1.165) is 11.1 Å². The first-order chi connectivity index (χ1) is 12.3. The van der Waals surface area contributed by atoms with Crippen molar-refractivity contribution in [2.45, 2.75) is 6.61 Å². The molecule has 0 saturated heterocycles. The van der Waals surface area contributed by atoms with E-state index < -0.39 is 0 Å². The molecule has 5 nitrogen and oxygen atoms in total. The summed E-state index contributed by atoms with van der Waals surface area (Å²) in [5, 5.41) is 21.7. The van der Waals surface area contributed by atoms with Gasteiger partial charge in [-0.3, -0.25) is 0 Å². The zero-order valence-corrected chi connectivity index (χ0v) is 13.2. The van der Waals surface area contributed by atoms with E-state index in [1.807, 2.05) is 30.3 Å². The molecule has 3 rings (SSSR count). The highest BCUT2D eigenvalue weighted by molar-refractivity contribution is 5.77. The molecule has 120 valence electrons. The van der Waals surface area contributed by atoms with Crippen molar-refractivity contribution >= 4 is 6.21 Å². The van der Waals surface area contributed by atoms with Crippen LogP contribution in [0.5, 0.6) is 0 Å². The van der Waals surface area contributed by atoms with Gasteiger partial charge in [-0.15, -0.1) is 0 Å². The van der Waals surface area contributed by atoms with E-state index in [4.69, 9.17) is 19.8 Å². The number of benzene rings is 2. The molecule has 0 bridgehead atoms. The van der Waals surface area contributed by atoms with Crippen LogP contribution in [0, 0.1) is 22.7 Å². The lowest BCUT2D eigenvalue weighted by atomic mass is 10.1. The summed E-state index contributed by atoms with van der Waals surface area (Å²) < 4.78 is 5.68. The molecule has 0 spiro atoms. The lowest BCUT2D eigenvalue weighted by molar-refractivity contribution is 0.131. The third-order valence-electron chi connectivity index (χ3n) is 3.54. The van der Waals surface area contributed by atoms with Gasteiger partial charge in [-0.25, -0.2) is 0 Å². The smallest absolute Gasteiger partial charge is 0.149 e. The van der Waals surface area contributed by atoms with Crippen LogP contribution < -0.4 is 0 Å². The maximum absolute atomic E-state index is 9.02. The minimum atomic E-state index is 0.212. The Morgan fingerprint density at radius 3 is 2.52 bits per heavy atom. The van der Waals surface area contributed by atoms with Crippen molar-refractivity contribution in [3.05, 3.63) is 83.1 Å². The topological polar surface area (TPSA) is 82.3 Å². The normalized spacial score (nSPS) is 10.3. The number of furan rings is 1. The van der Waals surface area contributed by atoms with Gasteiger partial charge in [-0.2, -0.15) is 10.5 Å². The minimum Gasteiger partial charge on any atom is -0.455 e.